The summed E-state index contributed by atoms with van der Waals surface area (Å²) in [5, 5.41) is 8.22. The first kappa shape index (κ1) is 26.1. The zero-order valence-corrected chi connectivity index (χ0v) is 18.3. The van der Waals surface area contributed by atoms with E-state index in [-0.39, 0.29) is 49.3 Å². The van der Waals surface area contributed by atoms with Crippen LogP contribution in [0, 0.1) is 0 Å². The third-order valence-corrected chi connectivity index (χ3v) is 4.54. The van der Waals surface area contributed by atoms with Crippen LogP contribution in [-0.4, -0.2) is 49.0 Å². The van der Waals surface area contributed by atoms with Crippen LogP contribution in [0.15, 0.2) is 18.2 Å². The quantitative estimate of drug-likeness (QED) is 0.244. The van der Waals surface area contributed by atoms with Crippen LogP contribution >= 0.6 is 11.6 Å². The Morgan fingerprint density at radius 1 is 0.903 bits per heavy atom. The molecule has 0 aliphatic carbocycles. The van der Waals surface area contributed by atoms with Gasteiger partial charge in [0.15, 0.2) is 5.78 Å². The number of hydrogen-bond donors (Lipinski definition) is 4. The third-order valence-electron chi connectivity index (χ3n) is 4.31. The van der Waals surface area contributed by atoms with E-state index in [1.807, 2.05) is 0 Å². The fourth-order valence-electron chi connectivity index (χ4n) is 2.78. The van der Waals surface area contributed by atoms with Crippen molar-refractivity contribution in [2.24, 2.45) is 5.73 Å². The van der Waals surface area contributed by atoms with Crippen molar-refractivity contribution in [3.63, 3.8) is 0 Å². The Labute approximate surface area is 186 Å². The zero-order chi connectivity index (χ0) is 23.2. The van der Waals surface area contributed by atoms with Crippen molar-refractivity contribution in [1.82, 2.24) is 16.0 Å². The molecule has 0 fully saturated rings. The number of benzene rings is 1. The Kier molecular flexibility index (Phi) is 11.9. The largest absolute Gasteiger partial charge is 0.368 e. The van der Waals surface area contributed by atoms with Crippen molar-refractivity contribution < 1.29 is 24.0 Å². The molecule has 0 aliphatic rings. The molecule has 5 N–H and O–H groups in total. The smallest absolute Gasteiger partial charge is 0.236 e. The molecule has 0 bridgehead atoms. The standard InChI is InChI=1S/C21H29ClN4O5/c1-14(27)24-10-3-5-20(30)25-11-2-4-18(28)17-8-7-16(22)12-15(17)6-9-21(31)26-13-19(23)29/h7-8,12H,2-6,9-11,13H2,1H3,(H2,23,29)(H,24,27)(H,25,30)(H,26,31). The van der Waals surface area contributed by atoms with E-state index in [2.05, 4.69) is 16.0 Å². The molecule has 0 saturated heterocycles. The van der Waals surface area contributed by atoms with Gasteiger partial charge in [0.25, 0.3) is 0 Å². The van der Waals surface area contributed by atoms with Gasteiger partial charge in [-0.2, -0.15) is 0 Å². The van der Waals surface area contributed by atoms with Crippen molar-refractivity contribution in [3.05, 3.63) is 34.3 Å². The van der Waals surface area contributed by atoms with E-state index in [0.717, 1.165) is 0 Å². The van der Waals surface area contributed by atoms with Crippen LogP contribution in [0.4, 0.5) is 0 Å². The Morgan fingerprint density at radius 2 is 1.55 bits per heavy atom. The summed E-state index contributed by atoms with van der Waals surface area (Å²) in [5.74, 6) is -1.35. The van der Waals surface area contributed by atoms with E-state index >= 15 is 0 Å². The van der Waals surface area contributed by atoms with Gasteiger partial charge in [-0.15, -0.1) is 0 Å². The highest BCUT2D eigenvalue weighted by molar-refractivity contribution is 6.30. The predicted molar refractivity (Wildman–Crippen MR) is 116 cm³/mol. The highest BCUT2D eigenvalue weighted by Crippen LogP contribution is 2.19. The van der Waals surface area contributed by atoms with Crippen LogP contribution in [-0.2, 0) is 25.6 Å². The first-order valence-electron chi connectivity index (χ1n) is 10.1. The molecule has 1 aromatic rings. The maximum atomic E-state index is 12.6. The van der Waals surface area contributed by atoms with Crippen molar-refractivity contribution in [3.8, 4) is 0 Å². The topological polar surface area (TPSA) is 147 Å². The van der Waals surface area contributed by atoms with Crippen molar-refractivity contribution in [1.29, 1.82) is 0 Å². The number of hydrogen-bond acceptors (Lipinski definition) is 5. The van der Waals surface area contributed by atoms with Crippen molar-refractivity contribution in [2.45, 2.75) is 45.4 Å². The van der Waals surface area contributed by atoms with E-state index < -0.39 is 5.91 Å². The maximum absolute atomic E-state index is 12.6. The number of ketones is 1. The molecule has 1 aromatic carbocycles. The number of carbonyl (C=O) groups excluding carboxylic acids is 5. The van der Waals surface area contributed by atoms with E-state index in [1.54, 1.807) is 18.2 Å². The van der Waals surface area contributed by atoms with Gasteiger partial charge in [-0.05, 0) is 43.0 Å². The molecule has 10 heteroatoms. The second kappa shape index (κ2) is 14.1. The number of carbonyl (C=O) groups is 5. The molecular formula is C21H29ClN4O5. The van der Waals surface area contributed by atoms with Gasteiger partial charge in [0.05, 0.1) is 6.54 Å². The molecular weight excluding hydrogens is 424 g/mol. The van der Waals surface area contributed by atoms with Crippen LogP contribution in [0.1, 0.15) is 54.9 Å². The first-order valence-corrected chi connectivity index (χ1v) is 10.4. The summed E-state index contributed by atoms with van der Waals surface area (Å²) in [5.41, 5.74) is 6.12. The monoisotopic (exact) mass is 452 g/mol. The predicted octanol–water partition coefficient (Wildman–Crippen LogP) is 0.870. The van der Waals surface area contributed by atoms with Gasteiger partial charge in [0.1, 0.15) is 0 Å². The molecule has 0 saturated carbocycles. The summed E-state index contributed by atoms with van der Waals surface area (Å²) in [4.78, 5) is 57.6. The molecule has 0 radical (unpaired) electrons. The maximum Gasteiger partial charge on any atom is 0.236 e. The number of nitrogens with two attached hydrogens (primary N) is 1. The lowest BCUT2D eigenvalue weighted by Crippen LogP contribution is -2.33. The average molecular weight is 453 g/mol. The molecule has 0 aromatic heterocycles. The number of primary amides is 1. The lowest BCUT2D eigenvalue weighted by Gasteiger charge is -2.10. The number of rotatable bonds is 14. The highest BCUT2D eigenvalue weighted by Gasteiger charge is 2.14. The second-order valence-electron chi connectivity index (χ2n) is 7.01. The molecule has 9 nitrogen and oxygen atoms in total. The molecule has 0 heterocycles. The van der Waals surface area contributed by atoms with Crippen LogP contribution in [0.2, 0.25) is 5.02 Å². The molecule has 1 rings (SSSR count). The molecule has 0 aliphatic heterocycles. The Balaban J connectivity index is 2.45. The van der Waals surface area contributed by atoms with E-state index in [4.69, 9.17) is 17.3 Å². The third kappa shape index (κ3) is 11.7. The summed E-state index contributed by atoms with van der Waals surface area (Å²) >= 11 is 6.03. The number of nitrogens with one attached hydrogen (secondary N) is 3. The van der Waals surface area contributed by atoms with Gasteiger partial charge in [-0.1, -0.05) is 11.6 Å². The molecule has 0 spiro atoms. The fourth-order valence-corrected chi connectivity index (χ4v) is 2.97. The first-order chi connectivity index (χ1) is 14.7. The minimum absolute atomic E-state index is 0.0858. The average Bonchev–Trinajstić information content (AvgIpc) is 2.71. The molecule has 0 unspecified atom stereocenters. The molecule has 0 atom stereocenters. The Morgan fingerprint density at radius 3 is 2.23 bits per heavy atom. The summed E-state index contributed by atoms with van der Waals surface area (Å²) in [7, 11) is 0. The number of aryl methyl sites for hydroxylation is 1. The summed E-state index contributed by atoms with van der Waals surface area (Å²) in [6.07, 6.45) is 1.92. The summed E-state index contributed by atoms with van der Waals surface area (Å²) in [6.45, 7) is 1.99. The van der Waals surface area contributed by atoms with Gasteiger partial charge < -0.3 is 21.7 Å². The van der Waals surface area contributed by atoms with Crippen molar-refractivity contribution >= 4 is 41.0 Å². The van der Waals surface area contributed by atoms with Crippen molar-refractivity contribution in [2.75, 3.05) is 19.6 Å². The second-order valence-corrected chi connectivity index (χ2v) is 7.44. The molecule has 170 valence electrons. The molecule has 31 heavy (non-hydrogen) atoms. The van der Waals surface area contributed by atoms with Gasteiger partial charge in [0.2, 0.25) is 23.6 Å². The van der Waals surface area contributed by atoms with Crippen LogP contribution < -0.4 is 21.7 Å². The normalized spacial score (nSPS) is 10.3. The van der Waals surface area contributed by atoms with E-state index in [0.29, 0.717) is 48.5 Å². The minimum atomic E-state index is -0.633. The lowest BCUT2D eigenvalue weighted by molar-refractivity contribution is -0.124. The summed E-state index contributed by atoms with van der Waals surface area (Å²) < 4.78 is 0. The molecule has 4 amide bonds. The van der Waals surface area contributed by atoms with Crippen LogP contribution in [0.25, 0.3) is 0 Å². The highest BCUT2D eigenvalue weighted by atomic mass is 35.5. The number of amides is 4. The van der Waals surface area contributed by atoms with Gasteiger partial charge in [-0.25, -0.2) is 0 Å². The number of Topliss-reactive ketones (excluding diaryl/α,β-unsaturated/α-hetero) is 1. The number of halogens is 1. The fraction of sp³-hybridized carbons (Fsp3) is 0.476. The minimum Gasteiger partial charge on any atom is -0.368 e. The van der Waals surface area contributed by atoms with Crippen LogP contribution in [0.3, 0.4) is 0 Å². The van der Waals surface area contributed by atoms with Gasteiger partial charge in [0, 0.05) is 49.9 Å². The Hall–Kier alpha value is -2.94. The van der Waals surface area contributed by atoms with Gasteiger partial charge in [-0.3, -0.25) is 24.0 Å². The lowest BCUT2D eigenvalue weighted by atomic mass is 9.97. The Bertz CT molecular complexity index is 813. The summed E-state index contributed by atoms with van der Waals surface area (Å²) in [6, 6.07) is 4.89. The zero-order valence-electron chi connectivity index (χ0n) is 17.6. The van der Waals surface area contributed by atoms with E-state index in [9.17, 15) is 24.0 Å². The van der Waals surface area contributed by atoms with Gasteiger partial charge >= 0.3 is 0 Å². The SMILES string of the molecule is CC(=O)NCCCC(=O)NCCCC(=O)c1ccc(Cl)cc1CCC(=O)NCC(N)=O. The van der Waals surface area contributed by atoms with Crippen LogP contribution in [0.5, 0.6) is 0 Å². The van der Waals surface area contributed by atoms with E-state index in [1.165, 1.54) is 6.92 Å².